The summed E-state index contributed by atoms with van der Waals surface area (Å²) in [6.45, 7) is 0.677. The van der Waals surface area contributed by atoms with Gasteiger partial charge in [-0.25, -0.2) is 8.78 Å². The van der Waals surface area contributed by atoms with Gasteiger partial charge in [-0.05, 0) is 29.8 Å². The quantitative estimate of drug-likeness (QED) is 0.941. The second kappa shape index (κ2) is 6.34. The second-order valence-corrected chi connectivity index (χ2v) is 5.26. The lowest BCUT2D eigenvalue weighted by molar-refractivity contribution is 0.0609. The molecule has 2 aromatic rings. The number of halogens is 2. The number of hydrogen-bond donors (Lipinski definition) is 1. The van der Waals surface area contributed by atoms with Crippen LogP contribution in [0, 0.1) is 11.6 Å². The highest BCUT2D eigenvalue weighted by atomic mass is 19.2. The summed E-state index contributed by atoms with van der Waals surface area (Å²) in [7, 11) is 1.54. The molecule has 1 aliphatic heterocycles. The zero-order valence-corrected chi connectivity index (χ0v) is 12.6. The summed E-state index contributed by atoms with van der Waals surface area (Å²) in [5.41, 5.74) is 1.69. The number of rotatable bonds is 4. The van der Waals surface area contributed by atoms with E-state index in [0.717, 1.165) is 12.1 Å². The number of carbonyl (C=O) groups is 1. The minimum atomic E-state index is -0.942. The Morgan fingerprint density at radius 3 is 2.70 bits per heavy atom. The predicted octanol–water partition coefficient (Wildman–Crippen LogP) is 3.18. The van der Waals surface area contributed by atoms with Gasteiger partial charge in [-0.15, -0.1) is 0 Å². The molecule has 120 valence electrons. The maximum atomic E-state index is 13.6. The molecule has 1 aliphatic rings. The van der Waals surface area contributed by atoms with Gasteiger partial charge in [-0.3, -0.25) is 4.79 Å². The predicted molar refractivity (Wildman–Crippen MR) is 82.1 cm³/mol. The Hall–Kier alpha value is -2.47. The topological polar surface area (TPSA) is 41.6 Å². The smallest absolute Gasteiger partial charge is 0.257 e. The number of nitrogens with zero attached hydrogens (tertiary/aromatic N) is 1. The maximum Gasteiger partial charge on any atom is 0.257 e. The molecule has 23 heavy (non-hydrogen) atoms. The molecule has 1 heterocycles. The third kappa shape index (κ3) is 2.90. The fourth-order valence-corrected chi connectivity index (χ4v) is 2.66. The number of para-hydroxylation sites is 1. The number of nitrogens with one attached hydrogen (secondary N) is 1. The summed E-state index contributed by atoms with van der Waals surface area (Å²) < 4.78 is 31.8. The van der Waals surface area contributed by atoms with Crippen LogP contribution in [0.4, 0.5) is 14.5 Å². The van der Waals surface area contributed by atoms with Gasteiger partial charge in [0.15, 0.2) is 11.6 Å². The Balaban J connectivity index is 2.01. The monoisotopic (exact) mass is 318 g/mol. The highest BCUT2D eigenvalue weighted by Gasteiger charge is 2.32. The summed E-state index contributed by atoms with van der Waals surface area (Å²) in [5.74, 6) is -2.03. The number of fused-ring (bicyclic) bond motifs is 1. The van der Waals surface area contributed by atoms with Gasteiger partial charge in [-0.1, -0.05) is 18.2 Å². The van der Waals surface area contributed by atoms with E-state index in [2.05, 4.69) is 5.32 Å². The van der Waals surface area contributed by atoms with Crippen LogP contribution < -0.4 is 5.32 Å². The van der Waals surface area contributed by atoms with Crippen LogP contribution >= 0.6 is 0 Å². The van der Waals surface area contributed by atoms with Gasteiger partial charge in [0.25, 0.3) is 5.91 Å². The molecule has 0 radical (unpaired) electrons. The Labute approximate surface area is 132 Å². The average Bonchev–Trinajstić information content (AvgIpc) is 2.56. The summed E-state index contributed by atoms with van der Waals surface area (Å²) in [6, 6.07) is 10.7. The van der Waals surface area contributed by atoms with Gasteiger partial charge in [0.1, 0.15) is 6.17 Å². The van der Waals surface area contributed by atoms with Crippen molar-refractivity contribution in [3.05, 3.63) is 65.2 Å². The molecule has 6 heteroatoms. The van der Waals surface area contributed by atoms with Crippen LogP contribution in [0.1, 0.15) is 22.1 Å². The fourth-order valence-electron chi connectivity index (χ4n) is 2.66. The van der Waals surface area contributed by atoms with E-state index in [-0.39, 0.29) is 5.91 Å². The van der Waals surface area contributed by atoms with Gasteiger partial charge < -0.3 is 15.0 Å². The van der Waals surface area contributed by atoms with E-state index in [0.29, 0.717) is 30.0 Å². The lowest BCUT2D eigenvalue weighted by atomic mass is 10.0. The highest BCUT2D eigenvalue weighted by molar-refractivity contribution is 6.01. The van der Waals surface area contributed by atoms with Crippen molar-refractivity contribution < 1.29 is 18.3 Å². The molecule has 0 saturated heterocycles. The molecular weight excluding hydrogens is 302 g/mol. The summed E-state index contributed by atoms with van der Waals surface area (Å²) in [4.78, 5) is 14.3. The van der Waals surface area contributed by atoms with E-state index in [1.165, 1.54) is 6.07 Å². The largest absolute Gasteiger partial charge is 0.383 e. The van der Waals surface area contributed by atoms with Crippen molar-refractivity contribution in [2.45, 2.75) is 6.17 Å². The van der Waals surface area contributed by atoms with E-state index in [1.54, 1.807) is 30.2 Å². The summed E-state index contributed by atoms with van der Waals surface area (Å²) in [6.07, 6.45) is -0.581. The van der Waals surface area contributed by atoms with Gasteiger partial charge in [-0.2, -0.15) is 0 Å². The van der Waals surface area contributed by atoms with Crippen molar-refractivity contribution >= 4 is 11.6 Å². The van der Waals surface area contributed by atoms with Crippen LogP contribution in [-0.4, -0.2) is 31.1 Å². The van der Waals surface area contributed by atoms with Crippen LogP contribution in [0.3, 0.4) is 0 Å². The molecule has 0 aliphatic carbocycles. The average molecular weight is 318 g/mol. The first-order chi connectivity index (χ1) is 11.1. The number of methoxy groups -OCH3 is 1. The number of hydrogen-bond acceptors (Lipinski definition) is 3. The number of amides is 1. The molecule has 3 rings (SSSR count). The van der Waals surface area contributed by atoms with Crippen molar-refractivity contribution in [2.24, 2.45) is 0 Å². The van der Waals surface area contributed by atoms with Crippen molar-refractivity contribution in [1.29, 1.82) is 0 Å². The van der Waals surface area contributed by atoms with E-state index in [1.807, 2.05) is 6.07 Å². The molecule has 2 aromatic carbocycles. The Morgan fingerprint density at radius 2 is 1.96 bits per heavy atom. The minimum absolute atomic E-state index is 0.175. The first-order valence-electron chi connectivity index (χ1n) is 7.22. The SMILES string of the molecule is COCCN1C(=O)c2ccccc2NC1c1ccc(F)c(F)c1. The molecule has 1 amide bonds. The van der Waals surface area contributed by atoms with E-state index < -0.39 is 17.8 Å². The third-order valence-electron chi connectivity index (χ3n) is 3.82. The number of ether oxygens (including phenoxy) is 1. The summed E-state index contributed by atoms with van der Waals surface area (Å²) >= 11 is 0. The maximum absolute atomic E-state index is 13.6. The van der Waals surface area contributed by atoms with Crippen LogP contribution in [0.5, 0.6) is 0 Å². The molecule has 0 aromatic heterocycles. The lowest BCUT2D eigenvalue weighted by Gasteiger charge is -2.38. The van der Waals surface area contributed by atoms with E-state index >= 15 is 0 Å². The molecule has 4 nitrogen and oxygen atoms in total. The van der Waals surface area contributed by atoms with Crippen LogP contribution in [0.2, 0.25) is 0 Å². The van der Waals surface area contributed by atoms with Crippen molar-refractivity contribution in [3.8, 4) is 0 Å². The molecule has 1 N–H and O–H groups in total. The van der Waals surface area contributed by atoms with E-state index in [4.69, 9.17) is 4.74 Å². The molecular formula is C17H16F2N2O2. The van der Waals surface area contributed by atoms with Gasteiger partial charge in [0.05, 0.1) is 12.2 Å². The Kier molecular flexibility index (Phi) is 4.25. The Bertz CT molecular complexity index is 736. The van der Waals surface area contributed by atoms with Crippen LogP contribution in [0.15, 0.2) is 42.5 Å². The molecule has 0 fully saturated rings. The number of benzene rings is 2. The van der Waals surface area contributed by atoms with Crippen LogP contribution in [0.25, 0.3) is 0 Å². The third-order valence-corrected chi connectivity index (χ3v) is 3.82. The Morgan fingerprint density at radius 1 is 1.17 bits per heavy atom. The normalized spacial score (nSPS) is 16.9. The molecule has 0 saturated carbocycles. The lowest BCUT2D eigenvalue weighted by Crippen LogP contribution is -2.44. The number of anilines is 1. The molecule has 1 unspecified atom stereocenters. The first-order valence-corrected chi connectivity index (χ1v) is 7.22. The minimum Gasteiger partial charge on any atom is -0.383 e. The second-order valence-electron chi connectivity index (χ2n) is 5.26. The first kappa shape index (κ1) is 15.4. The zero-order chi connectivity index (χ0) is 16.4. The standard InChI is InChI=1S/C17H16F2N2O2/c1-23-9-8-21-16(11-6-7-13(18)14(19)10-11)20-15-5-3-2-4-12(15)17(21)22/h2-7,10,16,20H,8-9H2,1H3. The van der Waals surface area contributed by atoms with Crippen LogP contribution in [-0.2, 0) is 4.74 Å². The van der Waals surface area contributed by atoms with Crippen molar-refractivity contribution in [1.82, 2.24) is 4.90 Å². The van der Waals surface area contributed by atoms with E-state index in [9.17, 15) is 13.6 Å². The zero-order valence-electron chi connectivity index (χ0n) is 12.6. The van der Waals surface area contributed by atoms with Gasteiger partial charge >= 0.3 is 0 Å². The van der Waals surface area contributed by atoms with Gasteiger partial charge in [0, 0.05) is 19.3 Å². The van der Waals surface area contributed by atoms with Gasteiger partial charge in [0.2, 0.25) is 0 Å². The summed E-state index contributed by atoms with van der Waals surface area (Å²) in [5, 5.41) is 3.21. The molecule has 1 atom stereocenters. The van der Waals surface area contributed by atoms with Crippen molar-refractivity contribution in [3.63, 3.8) is 0 Å². The fraction of sp³-hybridized carbons (Fsp3) is 0.235. The molecule has 0 spiro atoms. The number of carbonyl (C=O) groups excluding carboxylic acids is 1. The molecule has 0 bridgehead atoms. The highest BCUT2D eigenvalue weighted by Crippen LogP contribution is 2.33. The van der Waals surface area contributed by atoms with Crippen molar-refractivity contribution in [2.75, 3.05) is 25.6 Å².